The largest absolute Gasteiger partial charge is 0.389 e. The summed E-state index contributed by atoms with van der Waals surface area (Å²) >= 11 is 0. The predicted molar refractivity (Wildman–Crippen MR) is 57.8 cm³/mol. The number of nitrogens with one attached hydrogen (secondary N) is 1. The first-order chi connectivity index (χ1) is 7.72. The topological polar surface area (TPSA) is 70.4 Å². The van der Waals surface area contributed by atoms with Gasteiger partial charge in [-0.05, 0) is 13.1 Å². The molecule has 1 aliphatic rings. The standard InChI is InChI=1S/C10H16N4O2/c1-11-5-10(16)13-6-8(9(15)7-13)14-4-2-3-12-14/h2-4,8-9,11,15H,5-7H2,1H3/t8-,9+/m0/s1. The smallest absolute Gasteiger partial charge is 0.236 e. The van der Waals surface area contributed by atoms with Crippen LogP contribution in [0.15, 0.2) is 18.5 Å². The molecule has 0 radical (unpaired) electrons. The normalized spacial score (nSPS) is 25.0. The molecular formula is C10H16N4O2. The van der Waals surface area contributed by atoms with Crippen LogP contribution >= 0.6 is 0 Å². The molecule has 1 aromatic heterocycles. The van der Waals surface area contributed by atoms with Gasteiger partial charge in [-0.25, -0.2) is 0 Å². The van der Waals surface area contributed by atoms with Crippen LogP contribution in [-0.2, 0) is 4.79 Å². The first-order valence-corrected chi connectivity index (χ1v) is 5.32. The molecule has 0 bridgehead atoms. The first kappa shape index (κ1) is 11.1. The minimum atomic E-state index is -0.541. The van der Waals surface area contributed by atoms with Crippen LogP contribution in [0.5, 0.6) is 0 Å². The van der Waals surface area contributed by atoms with Crippen molar-refractivity contribution in [3.8, 4) is 0 Å². The molecule has 2 atom stereocenters. The van der Waals surface area contributed by atoms with Gasteiger partial charge >= 0.3 is 0 Å². The fourth-order valence-electron chi connectivity index (χ4n) is 1.97. The Balaban J connectivity index is 2.02. The number of likely N-dealkylation sites (tertiary alicyclic amines) is 1. The molecule has 1 aromatic rings. The van der Waals surface area contributed by atoms with Crippen LogP contribution in [0.3, 0.4) is 0 Å². The molecule has 88 valence electrons. The van der Waals surface area contributed by atoms with E-state index in [0.717, 1.165) is 0 Å². The van der Waals surface area contributed by atoms with Gasteiger partial charge in [0.15, 0.2) is 0 Å². The zero-order valence-electron chi connectivity index (χ0n) is 9.21. The summed E-state index contributed by atoms with van der Waals surface area (Å²) in [4.78, 5) is 13.3. The number of likely N-dealkylation sites (N-methyl/N-ethyl adjacent to an activating group) is 1. The maximum absolute atomic E-state index is 11.6. The molecule has 0 aliphatic carbocycles. The van der Waals surface area contributed by atoms with Crippen LogP contribution in [-0.4, -0.2) is 58.5 Å². The van der Waals surface area contributed by atoms with Gasteiger partial charge in [0, 0.05) is 25.5 Å². The Morgan fingerprint density at radius 2 is 2.44 bits per heavy atom. The van der Waals surface area contributed by atoms with Gasteiger partial charge in [-0.15, -0.1) is 0 Å². The maximum Gasteiger partial charge on any atom is 0.236 e. The molecule has 2 N–H and O–H groups in total. The molecule has 1 amide bonds. The van der Waals surface area contributed by atoms with E-state index >= 15 is 0 Å². The average Bonchev–Trinajstić information content (AvgIpc) is 2.86. The zero-order valence-corrected chi connectivity index (χ0v) is 9.21. The van der Waals surface area contributed by atoms with Crippen molar-refractivity contribution < 1.29 is 9.90 Å². The third-order valence-corrected chi connectivity index (χ3v) is 2.80. The lowest BCUT2D eigenvalue weighted by atomic mass is 10.2. The van der Waals surface area contributed by atoms with E-state index in [1.807, 2.05) is 6.07 Å². The molecule has 1 fully saturated rings. The lowest BCUT2D eigenvalue weighted by molar-refractivity contribution is -0.129. The maximum atomic E-state index is 11.6. The Kier molecular flexibility index (Phi) is 3.21. The Morgan fingerprint density at radius 3 is 3.06 bits per heavy atom. The molecule has 0 saturated carbocycles. The summed E-state index contributed by atoms with van der Waals surface area (Å²) in [7, 11) is 1.73. The second-order valence-corrected chi connectivity index (χ2v) is 3.95. The highest BCUT2D eigenvalue weighted by Crippen LogP contribution is 2.21. The molecular weight excluding hydrogens is 208 g/mol. The van der Waals surface area contributed by atoms with E-state index in [1.54, 1.807) is 29.0 Å². The van der Waals surface area contributed by atoms with Crippen LogP contribution in [0.4, 0.5) is 0 Å². The predicted octanol–water partition coefficient (Wildman–Crippen LogP) is -1.15. The van der Waals surface area contributed by atoms with E-state index in [0.29, 0.717) is 19.6 Å². The number of rotatable bonds is 3. The minimum absolute atomic E-state index is 0.0104. The number of hydrogen-bond acceptors (Lipinski definition) is 4. The molecule has 0 unspecified atom stereocenters. The number of amides is 1. The number of aliphatic hydroxyl groups is 1. The van der Waals surface area contributed by atoms with E-state index in [1.165, 1.54) is 0 Å². The van der Waals surface area contributed by atoms with Crippen molar-refractivity contribution in [3.05, 3.63) is 18.5 Å². The number of β-amino-alcohol motifs (C(OH)–C–C–N with tert-alkyl or cyclic N) is 1. The second kappa shape index (κ2) is 4.63. The van der Waals surface area contributed by atoms with Crippen molar-refractivity contribution in [1.29, 1.82) is 0 Å². The van der Waals surface area contributed by atoms with Crippen LogP contribution in [0.2, 0.25) is 0 Å². The van der Waals surface area contributed by atoms with Crippen molar-refractivity contribution in [1.82, 2.24) is 20.0 Å². The van der Waals surface area contributed by atoms with Crippen molar-refractivity contribution >= 4 is 5.91 Å². The minimum Gasteiger partial charge on any atom is -0.389 e. The number of carbonyl (C=O) groups is 1. The molecule has 2 heterocycles. The summed E-state index contributed by atoms with van der Waals surface area (Å²) in [5.74, 6) is 0.0104. The summed E-state index contributed by atoms with van der Waals surface area (Å²) in [5, 5.41) is 16.8. The molecule has 6 heteroatoms. The highest BCUT2D eigenvalue weighted by Gasteiger charge is 2.34. The second-order valence-electron chi connectivity index (χ2n) is 3.95. The monoisotopic (exact) mass is 224 g/mol. The van der Waals surface area contributed by atoms with E-state index < -0.39 is 6.10 Å². The van der Waals surface area contributed by atoms with Gasteiger partial charge in [0.05, 0.1) is 18.7 Å². The van der Waals surface area contributed by atoms with Crippen molar-refractivity contribution in [2.75, 3.05) is 26.7 Å². The number of aliphatic hydroxyl groups excluding tert-OH is 1. The molecule has 1 saturated heterocycles. The summed E-state index contributed by atoms with van der Waals surface area (Å²) in [6, 6.07) is 1.68. The van der Waals surface area contributed by atoms with Gasteiger partial charge in [-0.2, -0.15) is 5.10 Å². The molecule has 0 aromatic carbocycles. The van der Waals surface area contributed by atoms with Crippen molar-refractivity contribution in [2.24, 2.45) is 0 Å². The average molecular weight is 224 g/mol. The van der Waals surface area contributed by atoms with Crippen LogP contribution in [0, 0.1) is 0 Å². The van der Waals surface area contributed by atoms with E-state index in [2.05, 4.69) is 10.4 Å². The van der Waals surface area contributed by atoms with Crippen LogP contribution < -0.4 is 5.32 Å². The number of aromatic nitrogens is 2. The highest BCUT2D eigenvalue weighted by atomic mass is 16.3. The van der Waals surface area contributed by atoms with Crippen molar-refractivity contribution in [2.45, 2.75) is 12.1 Å². The van der Waals surface area contributed by atoms with Gasteiger partial charge in [-0.1, -0.05) is 0 Å². The van der Waals surface area contributed by atoms with E-state index in [9.17, 15) is 9.90 Å². The van der Waals surface area contributed by atoms with Crippen LogP contribution in [0.25, 0.3) is 0 Å². The number of carbonyl (C=O) groups excluding carboxylic acids is 1. The van der Waals surface area contributed by atoms with Gasteiger partial charge < -0.3 is 15.3 Å². The fraction of sp³-hybridized carbons (Fsp3) is 0.600. The highest BCUT2D eigenvalue weighted by molar-refractivity contribution is 5.78. The quantitative estimate of drug-likeness (QED) is 0.680. The zero-order chi connectivity index (χ0) is 11.5. The van der Waals surface area contributed by atoms with E-state index in [-0.39, 0.29) is 11.9 Å². The van der Waals surface area contributed by atoms with Crippen molar-refractivity contribution in [3.63, 3.8) is 0 Å². The van der Waals surface area contributed by atoms with Crippen LogP contribution in [0.1, 0.15) is 6.04 Å². The van der Waals surface area contributed by atoms with Gasteiger partial charge in [-0.3, -0.25) is 9.48 Å². The number of hydrogen-bond donors (Lipinski definition) is 2. The third-order valence-electron chi connectivity index (χ3n) is 2.80. The lowest BCUT2D eigenvalue weighted by Crippen LogP contribution is -2.36. The Bertz CT molecular complexity index is 352. The SMILES string of the molecule is CNCC(=O)N1C[C@@H](O)[C@@H](n2cccn2)C1. The van der Waals surface area contributed by atoms with E-state index in [4.69, 9.17) is 0 Å². The molecule has 16 heavy (non-hydrogen) atoms. The summed E-state index contributed by atoms with van der Waals surface area (Å²) in [6.45, 7) is 1.20. The first-order valence-electron chi connectivity index (χ1n) is 5.32. The molecule has 0 spiro atoms. The lowest BCUT2D eigenvalue weighted by Gasteiger charge is -2.15. The Hall–Kier alpha value is -1.40. The Labute approximate surface area is 93.9 Å². The number of nitrogens with zero attached hydrogens (tertiary/aromatic N) is 3. The molecule has 2 rings (SSSR count). The fourth-order valence-corrected chi connectivity index (χ4v) is 1.97. The van der Waals surface area contributed by atoms with Gasteiger partial charge in [0.1, 0.15) is 0 Å². The summed E-state index contributed by atoms with van der Waals surface area (Å²) in [5.41, 5.74) is 0. The third kappa shape index (κ3) is 2.07. The molecule has 6 nitrogen and oxygen atoms in total. The summed E-state index contributed by atoms with van der Waals surface area (Å²) in [6.07, 6.45) is 2.94. The molecule has 1 aliphatic heterocycles. The Morgan fingerprint density at radius 1 is 1.62 bits per heavy atom. The van der Waals surface area contributed by atoms with Gasteiger partial charge in [0.2, 0.25) is 5.91 Å². The van der Waals surface area contributed by atoms with Gasteiger partial charge in [0.25, 0.3) is 0 Å². The summed E-state index contributed by atoms with van der Waals surface area (Å²) < 4.78 is 1.71.